The van der Waals surface area contributed by atoms with Gasteiger partial charge in [-0.3, -0.25) is 9.67 Å². The van der Waals surface area contributed by atoms with E-state index in [1.807, 2.05) is 0 Å². The Morgan fingerprint density at radius 2 is 1.64 bits per heavy atom. The molecule has 8 heteroatoms. The van der Waals surface area contributed by atoms with Crippen molar-refractivity contribution in [2.24, 2.45) is 7.05 Å². The molecule has 2 aromatic heterocycles. The van der Waals surface area contributed by atoms with Crippen LogP contribution in [0.15, 0.2) is 53.7 Å². The van der Waals surface area contributed by atoms with Gasteiger partial charge in [-0.05, 0) is 43.7 Å². The molecule has 0 bridgehead atoms. The third-order valence-electron chi connectivity index (χ3n) is 4.11. The molecule has 3 aromatic rings. The maximum Gasteiger partial charge on any atom is 0.357 e. The molecule has 1 aromatic carbocycles. The summed E-state index contributed by atoms with van der Waals surface area (Å²) in [6.45, 7) is 3.57. The fourth-order valence-electron chi connectivity index (χ4n) is 2.88. The highest BCUT2D eigenvalue weighted by Crippen LogP contribution is 2.35. The summed E-state index contributed by atoms with van der Waals surface area (Å²) in [5, 5.41) is 4.52. The van der Waals surface area contributed by atoms with Gasteiger partial charge in [0.15, 0.2) is 15.5 Å². The highest BCUT2D eigenvalue weighted by Gasteiger charge is 2.26. The monoisotopic (exact) mass is 399 g/mol. The van der Waals surface area contributed by atoms with Crippen molar-refractivity contribution in [2.45, 2.75) is 24.8 Å². The van der Waals surface area contributed by atoms with Crippen LogP contribution in [0.2, 0.25) is 0 Å². The summed E-state index contributed by atoms with van der Waals surface area (Å²) in [5.74, 6) is -0.476. The molecule has 0 aliphatic carbocycles. The number of carbonyl (C=O) groups excluding carboxylic acids is 1. The summed E-state index contributed by atoms with van der Waals surface area (Å²) in [6.07, 6.45) is 4.16. The van der Waals surface area contributed by atoms with Crippen molar-refractivity contribution in [1.29, 1.82) is 0 Å². The minimum atomic E-state index is -3.30. The van der Waals surface area contributed by atoms with Gasteiger partial charge in [-0.1, -0.05) is 12.1 Å². The van der Waals surface area contributed by atoms with Gasteiger partial charge >= 0.3 is 5.97 Å². The molecule has 7 nitrogen and oxygen atoms in total. The lowest BCUT2D eigenvalue weighted by Gasteiger charge is -2.10. The zero-order chi connectivity index (χ0) is 20.5. The first-order chi connectivity index (χ1) is 13.2. The summed E-state index contributed by atoms with van der Waals surface area (Å²) in [4.78, 5) is 17.0. The van der Waals surface area contributed by atoms with E-state index in [0.29, 0.717) is 22.5 Å². The van der Waals surface area contributed by atoms with Crippen molar-refractivity contribution in [2.75, 3.05) is 6.26 Å². The average molecular weight is 399 g/mol. The largest absolute Gasteiger partial charge is 0.458 e. The fraction of sp³-hybridized carbons (Fsp3) is 0.250. The van der Waals surface area contributed by atoms with Crippen molar-refractivity contribution >= 4 is 15.8 Å². The molecule has 0 aliphatic rings. The Labute approximate surface area is 163 Å². The molecule has 0 aliphatic heterocycles. The number of hydrogen-bond donors (Lipinski definition) is 0. The van der Waals surface area contributed by atoms with E-state index in [1.165, 1.54) is 16.8 Å². The van der Waals surface area contributed by atoms with Crippen LogP contribution in [0.4, 0.5) is 0 Å². The number of rotatable bonds is 5. The Bertz CT molecular complexity index is 1100. The molecule has 2 heterocycles. The van der Waals surface area contributed by atoms with Crippen molar-refractivity contribution in [3.05, 3.63) is 54.5 Å². The van der Waals surface area contributed by atoms with Crippen LogP contribution in [0.5, 0.6) is 0 Å². The summed E-state index contributed by atoms with van der Waals surface area (Å²) >= 11 is 0. The van der Waals surface area contributed by atoms with Crippen molar-refractivity contribution < 1.29 is 17.9 Å². The van der Waals surface area contributed by atoms with Crippen LogP contribution in [0.3, 0.4) is 0 Å². The second kappa shape index (κ2) is 7.55. The van der Waals surface area contributed by atoms with E-state index in [4.69, 9.17) is 4.74 Å². The number of carbonyl (C=O) groups is 1. The Kier molecular flexibility index (Phi) is 5.33. The third kappa shape index (κ3) is 3.96. The smallest absolute Gasteiger partial charge is 0.357 e. The van der Waals surface area contributed by atoms with Crippen molar-refractivity contribution in [3.8, 4) is 22.4 Å². The van der Waals surface area contributed by atoms with Gasteiger partial charge in [0, 0.05) is 36.8 Å². The van der Waals surface area contributed by atoms with E-state index in [1.54, 1.807) is 57.6 Å². The van der Waals surface area contributed by atoms with E-state index >= 15 is 0 Å². The standard InChI is InChI=1S/C20H21N3O4S/c1-13(2)27-20(24)19-17(14-9-11-21-12-10-14)18(22-23(19)3)15-5-7-16(8-6-15)28(4,25)26/h5-13H,1-4H3. The van der Waals surface area contributed by atoms with E-state index in [9.17, 15) is 13.2 Å². The van der Waals surface area contributed by atoms with Crippen LogP contribution in [0.25, 0.3) is 22.4 Å². The van der Waals surface area contributed by atoms with Crippen LogP contribution in [-0.4, -0.2) is 41.5 Å². The van der Waals surface area contributed by atoms with Gasteiger partial charge in [-0.25, -0.2) is 13.2 Å². The lowest BCUT2D eigenvalue weighted by molar-refractivity contribution is 0.0366. The maximum absolute atomic E-state index is 12.7. The zero-order valence-electron chi connectivity index (χ0n) is 16.1. The Balaban J connectivity index is 2.20. The van der Waals surface area contributed by atoms with Gasteiger partial charge in [-0.15, -0.1) is 0 Å². The quantitative estimate of drug-likeness (QED) is 0.612. The third-order valence-corrected chi connectivity index (χ3v) is 5.24. The van der Waals surface area contributed by atoms with E-state index < -0.39 is 15.8 Å². The summed E-state index contributed by atoms with van der Waals surface area (Å²) in [6, 6.07) is 10.0. The molecule has 0 fully saturated rings. The minimum absolute atomic E-state index is 0.220. The van der Waals surface area contributed by atoms with Gasteiger partial charge in [0.25, 0.3) is 0 Å². The highest BCUT2D eigenvalue weighted by atomic mass is 32.2. The number of ether oxygens (including phenoxy) is 1. The molecule has 28 heavy (non-hydrogen) atoms. The predicted molar refractivity (Wildman–Crippen MR) is 106 cm³/mol. The molecular formula is C20H21N3O4S. The van der Waals surface area contributed by atoms with E-state index in [0.717, 1.165) is 11.8 Å². The van der Waals surface area contributed by atoms with Gasteiger partial charge in [-0.2, -0.15) is 5.10 Å². The molecule has 0 unspecified atom stereocenters. The van der Waals surface area contributed by atoms with Crippen LogP contribution in [0.1, 0.15) is 24.3 Å². The van der Waals surface area contributed by atoms with Gasteiger partial charge in [0.2, 0.25) is 0 Å². The summed E-state index contributed by atoms with van der Waals surface area (Å²) in [7, 11) is -1.63. The van der Waals surface area contributed by atoms with Gasteiger partial charge < -0.3 is 4.74 Å². The molecule has 0 saturated carbocycles. The Hall–Kier alpha value is -3.00. The summed E-state index contributed by atoms with van der Waals surface area (Å²) in [5.41, 5.74) is 2.95. The molecule has 0 amide bonds. The first-order valence-corrected chi connectivity index (χ1v) is 10.6. The van der Waals surface area contributed by atoms with Crippen molar-refractivity contribution in [3.63, 3.8) is 0 Å². The Morgan fingerprint density at radius 3 is 2.18 bits per heavy atom. The number of benzene rings is 1. The topological polar surface area (TPSA) is 91.2 Å². The van der Waals surface area contributed by atoms with Crippen LogP contribution < -0.4 is 0 Å². The summed E-state index contributed by atoms with van der Waals surface area (Å²) < 4.78 is 30.3. The second-order valence-electron chi connectivity index (χ2n) is 6.68. The number of sulfone groups is 1. The SMILES string of the molecule is CC(C)OC(=O)c1c(-c2ccncc2)c(-c2ccc(S(C)(=O)=O)cc2)nn1C. The average Bonchev–Trinajstić information content (AvgIpc) is 2.98. The molecule has 0 atom stereocenters. The van der Waals surface area contributed by atoms with Crippen LogP contribution in [0, 0.1) is 0 Å². The first-order valence-electron chi connectivity index (χ1n) is 8.67. The number of aryl methyl sites for hydroxylation is 1. The highest BCUT2D eigenvalue weighted by molar-refractivity contribution is 7.90. The molecule has 146 valence electrons. The minimum Gasteiger partial charge on any atom is -0.458 e. The Morgan fingerprint density at radius 1 is 1.04 bits per heavy atom. The number of aromatic nitrogens is 3. The molecular weight excluding hydrogens is 378 g/mol. The van der Waals surface area contributed by atoms with Crippen LogP contribution in [-0.2, 0) is 21.6 Å². The molecule has 3 rings (SSSR count). The predicted octanol–water partition coefficient (Wildman–Crippen LogP) is 3.12. The van der Waals surface area contributed by atoms with Gasteiger partial charge in [0.05, 0.1) is 11.0 Å². The maximum atomic E-state index is 12.7. The second-order valence-corrected chi connectivity index (χ2v) is 8.70. The number of pyridine rings is 1. The molecule has 0 radical (unpaired) electrons. The number of hydrogen-bond acceptors (Lipinski definition) is 6. The zero-order valence-corrected chi connectivity index (χ0v) is 16.9. The van der Waals surface area contributed by atoms with Crippen molar-refractivity contribution in [1.82, 2.24) is 14.8 Å². The van der Waals surface area contributed by atoms with E-state index in [-0.39, 0.29) is 11.0 Å². The molecule has 0 N–H and O–H groups in total. The van der Waals surface area contributed by atoms with Crippen LogP contribution >= 0.6 is 0 Å². The number of nitrogens with zero attached hydrogens (tertiary/aromatic N) is 3. The fourth-order valence-corrected chi connectivity index (χ4v) is 3.51. The van der Waals surface area contributed by atoms with Gasteiger partial charge in [0.1, 0.15) is 5.69 Å². The lowest BCUT2D eigenvalue weighted by atomic mass is 9.99. The number of esters is 1. The lowest BCUT2D eigenvalue weighted by Crippen LogP contribution is -2.16. The molecule has 0 spiro atoms. The normalized spacial score (nSPS) is 11.6. The molecule has 0 saturated heterocycles. The first kappa shape index (κ1) is 19.8. The van der Waals surface area contributed by atoms with E-state index in [2.05, 4.69) is 10.1 Å².